The fourth-order valence-electron chi connectivity index (χ4n) is 2.57. The van der Waals surface area contributed by atoms with Crippen molar-refractivity contribution in [2.75, 3.05) is 5.01 Å². The predicted octanol–water partition coefficient (Wildman–Crippen LogP) is 2.13. The van der Waals surface area contributed by atoms with Gasteiger partial charge in [0.2, 0.25) is 0 Å². The quantitative estimate of drug-likeness (QED) is 0.635. The largest absolute Gasteiger partial charge is 0.280 e. The van der Waals surface area contributed by atoms with E-state index < -0.39 is 5.91 Å². The van der Waals surface area contributed by atoms with Crippen LogP contribution in [0.25, 0.3) is 10.8 Å². The van der Waals surface area contributed by atoms with Crippen molar-refractivity contribution in [3.63, 3.8) is 0 Å². The van der Waals surface area contributed by atoms with Crippen LogP contribution in [-0.2, 0) is 0 Å². The molecule has 1 aliphatic rings. The number of carbonyl (C=O) groups excluding carboxylic acids is 2. The number of nitrogens with zero attached hydrogens (tertiary/aromatic N) is 4. The van der Waals surface area contributed by atoms with Crippen molar-refractivity contribution in [1.82, 2.24) is 14.9 Å². The Kier molecular flexibility index (Phi) is 2.46. The Labute approximate surface area is 127 Å². The SMILES string of the molecule is O=C1c2cccc3cc(Br)cc(c23)C(=O)N1n1cnnc1. The van der Waals surface area contributed by atoms with Crippen LogP contribution >= 0.6 is 15.9 Å². The van der Waals surface area contributed by atoms with E-state index in [9.17, 15) is 9.59 Å². The maximum atomic E-state index is 12.7. The third-order valence-corrected chi connectivity index (χ3v) is 3.88. The first-order valence-corrected chi connectivity index (χ1v) is 6.92. The van der Waals surface area contributed by atoms with Crippen molar-refractivity contribution < 1.29 is 9.59 Å². The van der Waals surface area contributed by atoms with Gasteiger partial charge in [-0.25, -0.2) is 4.68 Å². The van der Waals surface area contributed by atoms with Crippen molar-refractivity contribution in [2.45, 2.75) is 0 Å². The molecule has 0 radical (unpaired) electrons. The second-order valence-corrected chi connectivity index (χ2v) is 5.54. The molecule has 102 valence electrons. The molecule has 3 aromatic rings. The van der Waals surface area contributed by atoms with Gasteiger partial charge >= 0.3 is 0 Å². The molecule has 2 heterocycles. The first-order chi connectivity index (χ1) is 10.2. The highest BCUT2D eigenvalue weighted by Crippen LogP contribution is 2.32. The van der Waals surface area contributed by atoms with Crippen molar-refractivity contribution in [1.29, 1.82) is 0 Å². The highest BCUT2D eigenvalue weighted by Gasteiger charge is 2.34. The summed E-state index contributed by atoms with van der Waals surface area (Å²) in [4.78, 5) is 25.3. The summed E-state index contributed by atoms with van der Waals surface area (Å²) in [7, 11) is 0. The number of hydrogen-bond acceptors (Lipinski definition) is 4. The minimum Gasteiger partial charge on any atom is -0.267 e. The Morgan fingerprint density at radius 1 is 0.952 bits per heavy atom. The minimum atomic E-state index is -0.398. The van der Waals surface area contributed by atoms with E-state index in [4.69, 9.17) is 0 Å². The zero-order valence-electron chi connectivity index (χ0n) is 10.5. The lowest BCUT2D eigenvalue weighted by Crippen LogP contribution is -2.47. The molecule has 1 aromatic heterocycles. The van der Waals surface area contributed by atoms with Crippen molar-refractivity contribution >= 4 is 38.5 Å². The molecule has 0 N–H and O–H groups in total. The summed E-state index contributed by atoms with van der Waals surface area (Å²) in [6, 6.07) is 9.00. The monoisotopic (exact) mass is 342 g/mol. The second kappa shape index (κ2) is 4.23. The first-order valence-electron chi connectivity index (χ1n) is 6.13. The van der Waals surface area contributed by atoms with Gasteiger partial charge in [0.05, 0.1) is 11.1 Å². The standard InChI is InChI=1S/C14H7BrN4O2/c15-9-4-8-2-1-3-10-12(8)11(5-9)14(21)19(13(10)20)18-6-16-17-7-18/h1-7H. The van der Waals surface area contributed by atoms with Gasteiger partial charge in [-0.1, -0.05) is 28.1 Å². The highest BCUT2D eigenvalue weighted by atomic mass is 79.9. The third kappa shape index (κ3) is 1.64. The van der Waals surface area contributed by atoms with Gasteiger partial charge in [-0.2, -0.15) is 5.01 Å². The molecule has 21 heavy (non-hydrogen) atoms. The van der Waals surface area contributed by atoms with E-state index in [0.717, 1.165) is 14.9 Å². The topological polar surface area (TPSA) is 68.1 Å². The van der Waals surface area contributed by atoms with Crippen LogP contribution in [0.2, 0.25) is 0 Å². The van der Waals surface area contributed by atoms with Gasteiger partial charge in [0.25, 0.3) is 11.8 Å². The number of aromatic nitrogens is 3. The summed E-state index contributed by atoms with van der Waals surface area (Å²) in [6.07, 6.45) is 2.64. The molecule has 1 aliphatic heterocycles. The molecule has 0 spiro atoms. The van der Waals surface area contributed by atoms with Crippen LogP contribution < -0.4 is 5.01 Å². The molecule has 2 aromatic carbocycles. The number of carbonyl (C=O) groups is 2. The Morgan fingerprint density at radius 3 is 2.43 bits per heavy atom. The van der Waals surface area contributed by atoms with E-state index in [1.807, 2.05) is 12.1 Å². The normalized spacial score (nSPS) is 14.0. The van der Waals surface area contributed by atoms with E-state index >= 15 is 0 Å². The molecule has 2 amide bonds. The lowest BCUT2D eigenvalue weighted by atomic mass is 9.95. The summed E-state index contributed by atoms with van der Waals surface area (Å²) in [6.45, 7) is 0. The maximum absolute atomic E-state index is 12.7. The van der Waals surface area contributed by atoms with Crippen LogP contribution in [0.15, 0.2) is 47.5 Å². The highest BCUT2D eigenvalue weighted by molar-refractivity contribution is 9.10. The molecule has 4 rings (SSSR count). The average Bonchev–Trinajstić information content (AvgIpc) is 2.98. The van der Waals surface area contributed by atoms with Gasteiger partial charge in [-0.05, 0) is 23.6 Å². The zero-order valence-corrected chi connectivity index (χ0v) is 12.1. The molecule has 0 atom stereocenters. The van der Waals surface area contributed by atoms with Gasteiger partial charge in [0, 0.05) is 9.86 Å². The molecule has 7 heteroatoms. The van der Waals surface area contributed by atoms with Gasteiger partial charge in [0.1, 0.15) is 12.7 Å². The fourth-order valence-corrected chi connectivity index (χ4v) is 3.04. The van der Waals surface area contributed by atoms with Crippen LogP contribution in [0, 0.1) is 0 Å². The van der Waals surface area contributed by atoms with Crippen molar-refractivity contribution in [3.05, 3.63) is 58.6 Å². The van der Waals surface area contributed by atoms with Crippen LogP contribution in [0.3, 0.4) is 0 Å². The molecule has 0 bridgehead atoms. The zero-order chi connectivity index (χ0) is 14.6. The molecule has 6 nitrogen and oxygen atoms in total. The fraction of sp³-hybridized carbons (Fsp3) is 0. The minimum absolute atomic E-state index is 0.389. The molecular formula is C14H7BrN4O2. The van der Waals surface area contributed by atoms with Gasteiger partial charge in [0.15, 0.2) is 0 Å². The number of benzene rings is 2. The Morgan fingerprint density at radius 2 is 1.67 bits per heavy atom. The second-order valence-electron chi connectivity index (χ2n) is 4.62. The number of halogens is 1. The molecule has 0 saturated carbocycles. The Bertz CT molecular complexity index is 905. The lowest BCUT2D eigenvalue weighted by molar-refractivity contribution is 0.0852. The van der Waals surface area contributed by atoms with Gasteiger partial charge in [-0.3, -0.25) is 9.59 Å². The van der Waals surface area contributed by atoms with Gasteiger partial charge in [-0.15, -0.1) is 10.2 Å². The summed E-state index contributed by atoms with van der Waals surface area (Å²) >= 11 is 3.40. The van der Waals surface area contributed by atoms with Crippen molar-refractivity contribution in [2.24, 2.45) is 0 Å². The van der Waals surface area contributed by atoms with E-state index in [2.05, 4.69) is 26.1 Å². The maximum Gasteiger partial charge on any atom is 0.280 e. The van der Waals surface area contributed by atoms with Gasteiger partial charge < -0.3 is 0 Å². The number of hydrogen-bond donors (Lipinski definition) is 0. The molecule has 0 saturated heterocycles. The smallest absolute Gasteiger partial charge is 0.267 e. The molecule has 0 unspecified atom stereocenters. The van der Waals surface area contributed by atoms with E-state index in [1.165, 1.54) is 17.3 Å². The summed E-state index contributed by atoms with van der Waals surface area (Å²) in [5.41, 5.74) is 0.964. The van der Waals surface area contributed by atoms with Crippen LogP contribution in [0.4, 0.5) is 0 Å². The molecule has 0 fully saturated rings. The van der Waals surface area contributed by atoms with E-state index in [0.29, 0.717) is 16.5 Å². The third-order valence-electron chi connectivity index (χ3n) is 3.42. The summed E-state index contributed by atoms with van der Waals surface area (Å²) < 4.78 is 2.07. The summed E-state index contributed by atoms with van der Waals surface area (Å²) in [5.74, 6) is -0.787. The first kappa shape index (κ1) is 12.2. The Balaban J connectivity index is 2.07. The van der Waals surface area contributed by atoms with Crippen LogP contribution in [-0.4, -0.2) is 26.7 Å². The van der Waals surface area contributed by atoms with Crippen LogP contribution in [0.5, 0.6) is 0 Å². The summed E-state index contributed by atoms with van der Waals surface area (Å²) in [5, 5.41) is 9.85. The number of rotatable bonds is 1. The number of amides is 2. The van der Waals surface area contributed by atoms with Crippen molar-refractivity contribution in [3.8, 4) is 0 Å². The number of imide groups is 1. The molecular weight excluding hydrogens is 336 g/mol. The average molecular weight is 343 g/mol. The Hall–Kier alpha value is -2.54. The van der Waals surface area contributed by atoms with E-state index in [1.54, 1.807) is 18.2 Å². The lowest BCUT2D eigenvalue weighted by Gasteiger charge is -2.26. The van der Waals surface area contributed by atoms with E-state index in [-0.39, 0.29) is 5.91 Å². The predicted molar refractivity (Wildman–Crippen MR) is 78.5 cm³/mol. The van der Waals surface area contributed by atoms with Crippen LogP contribution in [0.1, 0.15) is 20.7 Å². The molecule has 0 aliphatic carbocycles.